The van der Waals surface area contributed by atoms with E-state index in [1.54, 1.807) is 12.1 Å². The van der Waals surface area contributed by atoms with Gasteiger partial charge in [0.15, 0.2) is 23.1 Å². The largest absolute Gasteiger partial charge is 0.490 e. The molecule has 2 nitrogen and oxygen atoms in total. The summed E-state index contributed by atoms with van der Waals surface area (Å²) < 4.78 is 42.0. The van der Waals surface area contributed by atoms with Crippen molar-refractivity contribution >= 4 is 31.5 Å². The van der Waals surface area contributed by atoms with Gasteiger partial charge in [-0.15, -0.1) is 11.3 Å². The van der Waals surface area contributed by atoms with E-state index in [-0.39, 0.29) is 11.5 Å². The van der Waals surface area contributed by atoms with Gasteiger partial charge in [-0.05, 0) is 43.5 Å². The van der Waals surface area contributed by atoms with E-state index >= 15 is 0 Å². The lowest BCUT2D eigenvalue weighted by Crippen LogP contribution is -2.21. The van der Waals surface area contributed by atoms with Crippen molar-refractivity contribution in [2.75, 3.05) is 13.2 Å². The van der Waals surface area contributed by atoms with E-state index < -0.39 is 11.6 Å². The van der Waals surface area contributed by atoms with E-state index in [2.05, 4.69) is 13.5 Å². The number of allylic oxidation sites excluding steroid dienone is 1. The van der Waals surface area contributed by atoms with Gasteiger partial charge in [0.2, 0.25) is 0 Å². The molecule has 0 unspecified atom stereocenters. The zero-order chi connectivity index (χ0) is 19.7. The average Bonchev–Trinajstić information content (AvgIpc) is 3.05. The van der Waals surface area contributed by atoms with Crippen molar-refractivity contribution in [3.8, 4) is 11.5 Å². The molecule has 1 saturated carbocycles. The van der Waals surface area contributed by atoms with E-state index in [0.29, 0.717) is 39.3 Å². The van der Waals surface area contributed by atoms with E-state index in [1.807, 2.05) is 12.1 Å². The molecule has 0 radical (unpaired) electrons. The SMILES string of the molecule is C=C1CC(COc2ccc3c(sc4c(F)c(OCCCCC)ccc43)c2F)C1. The lowest BCUT2D eigenvalue weighted by Gasteiger charge is -2.28. The van der Waals surface area contributed by atoms with E-state index in [1.165, 1.54) is 5.57 Å². The van der Waals surface area contributed by atoms with Crippen molar-refractivity contribution in [1.29, 1.82) is 0 Å². The van der Waals surface area contributed by atoms with Crippen LogP contribution in [0, 0.1) is 17.6 Å². The van der Waals surface area contributed by atoms with Crippen LogP contribution in [0.4, 0.5) is 8.78 Å². The second-order valence-electron chi connectivity index (χ2n) is 7.50. The van der Waals surface area contributed by atoms with Crippen molar-refractivity contribution in [3.63, 3.8) is 0 Å². The van der Waals surface area contributed by atoms with E-state index in [0.717, 1.165) is 43.4 Å². The van der Waals surface area contributed by atoms with Crippen molar-refractivity contribution in [3.05, 3.63) is 48.1 Å². The molecule has 5 heteroatoms. The molecule has 0 atom stereocenters. The van der Waals surface area contributed by atoms with Gasteiger partial charge in [-0.2, -0.15) is 0 Å². The number of hydrogen-bond donors (Lipinski definition) is 0. The van der Waals surface area contributed by atoms with E-state index in [4.69, 9.17) is 9.47 Å². The zero-order valence-electron chi connectivity index (χ0n) is 16.0. The predicted molar refractivity (Wildman–Crippen MR) is 112 cm³/mol. The quantitative estimate of drug-likeness (QED) is 0.292. The first-order valence-corrected chi connectivity index (χ1v) is 10.7. The lowest BCUT2D eigenvalue weighted by atomic mass is 9.82. The molecule has 0 N–H and O–H groups in total. The average molecular weight is 403 g/mol. The van der Waals surface area contributed by atoms with Crippen LogP contribution in [0.2, 0.25) is 0 Å². The van der Waals surface area contributed by atoms with Gasteiger partial charge < -0.3 is 9.47 Å². The Labute approximate surface area is 167 Å². The Bertz CT molecular complexity index is 1020. The maximum absolute atomic E-state index is 15.0. The molecule has 1 heterocycles. The van der Waals surface area contributed by atoms with Crippen LogP contribution < -0.4 is 9.47 Å². The molecule has 1 aliphatic rings. The molecule has 3 aromatic rings. The Kier molecular flexibility index (Phi) is 5.54. The van der Waals surface area contributed by atoms with Gasteiger partial charge in [0.05, 0.1) is 22.6 Å². The first kappa shape index (κ1) is 19.2. The first-order valence-electron chi connectivity index (χ1n) is 9.84. The van der Waals surface area contributed by atoms with Crippen LogP contribution >= 0.6 is 11.3 Å². The minimum Gasteiger partial charge on any atom is -0.490 e. The van der Waals surface area contributed by atoms with Gasteiger partial charge in [-0.1, -0.05) is 31.9 Å². The Balaban J connectivity index is 1.60. The smallest absolute Gasteiger partial charge is 0.182 e. The monoisotopic (exact) mass is 402 g/mol. The number of benzene rings is 2. The third kappa shape index (κ3) is 3.60. The molecule has 1 aromatic heterocycles. The molecule has 0 aliphatic heterocycles. The first-order chi connectivity index (χ1) is 13.6. The molecule has 0 saturated heterocycles. The van der Waals surface area contributed by atoms with Crippen molar-refractivity contribution in [1.82, 2.24) is 0 Å². The van der Waals surface area contributed by atoms with Gasteiger partial charge in [0.25, 0.3) is 0 Å². The third-order valence-electron chi connectivity index (χ3n) is 5.25. The summed E-state index contributed by atoms with van der Waals surface area (Å²) in [6.07, 6.45) is 4.91. The van der Waals surface area contributed by atoms with Crippen LogP contribution in [0.1, 0.15) is 39.0 Å². The highest BCUT2D eigenvalue weighted by Crippen LogP contribution is 2.42. The number of unbranched alkanes of at least 4 members (excludes halogenated alkanes) is 2. The van der Waals surface area contributed by atoms with Crippen molar-refractivity contribution < 1.29 is 18.3 Å². The number of fused-ring (bicyclic) bond motifs is 3. The number of thiophene rings is 1. The summed E-state index contributed by atoms with van der Waals surface area (Å²) in [5.74, 6) is 0.0480. The number of hydrogen-bond acceptors (Lipinski definition) is 3. The van der Waals surface area contributed by atoms with Crippen molar-refractivity contribution in [2.45, 2.75) is 39.0 Å². The van der Waals surface area contributed by atoms with Crippen LogP contribution in [0.15, 0.2) is 36.4 Å². The molecule has 0 bridgehead atoms. The van der Waals surface area contributed by atoms with Crippen LogP contribution in [-0.2, 0) is 0 Å². The summed E-state index contributed by atoms with van der Waals surface area (Å²) in [6.45, 7) is 7.00. The molecular weight excluding hydrogens is 378 g/mol. The fourth-order valence-corrected chi connectivity index (χ4v) is 4.80. The van der Waals surface area contributed by atoms with Gasteiger partial charge in [-0.25, -0.2) is 8.78 Å². The fraction of sp³-hybridized carbons (Fsp3) is 0.391. The molecular formula is C23H24F2O2S. The maximum atomic E-state index is 15.0. The predicted octanol–water partition coefficient (Wildman–Crippen LogP) is 7.25. The molecule has 0 amide bonds. The van der Waals surface area contributed by atoms with Gasteiger partial charge >= 0.3 is 0 Å². The Morgan fingerprint density at radius 2 is 1.57 bits per heavy atom. The van der Waals surface area contributed by atoms with Crippen LogP contribution in [0.5, 0.6) is 11.5 Å². The molecule has 28 heavy (non-hydrogen) atoms. The Morgan fingerprint density at radius 3 is 2.14 bits per heavy atom. The van der Waals surface area contributed by atoms with Gasteiger partial charge in [0.1, 0.15) is 0 Å². The van der Waals surface area contributed by atoms with Gasteiger partial charge in [-0.3, -0.25) is 0 Å². The number of ether oxygens (including phenoxy) is 2. The minimum absolute atomic E-state index is 0.230. The van der Waals surface area contributed by atoms with Crippen molar-refractivity contribution in [2.24, 2.45) is 5.92 Å². The van der Waals surface area contributed by atoms with Crippen LogP contribution in [-0.4, -0.2) is 13.2 Å². The molecule has 148 valence electrons. The second kappa shape index (κ2) is 8.08. The summed E-state index contributed by atoms with van der Waals surface area (Å²) in [5, 5.41) is 1.41. The summed E-state index contributed by atoms with van der Waals surface area (Å²) in [4.78, 5) is 0. The molecule has 1 fully saturated rings. The Hall–Kier alpha value is -2.14. The summed E-state index contributed by atoms with van der Waals surface area (Å²) in [5.41, 5.74) is 1.22. The Morgan fingerprint density at radius 1 is 0.964 bits per heavy atom. The topological polar surface area (TPSA) is 18.5 Å². The summed E-state index contributed by atoms with van der Waals surface area (Å²) in [6, 6.07) is 6.91. The highest BCUT2D eigenvalue weighted by Gasteiger charge is 2.23. The standard InChI is InChI=1S/C23H24F2O2S/c1-3-4-5-10-26-18-8-6-16-17-7-9-19(27-13-15-11-14(2)12-15)21(25)23(17)28-22(16)20(18)24/h6-9,15H,2-5,10-13H2,1H3. The fourth-order valence-electron chi connectivity index (χ4n) is 3.64. The molecule has 2 aromatic carbocycles. The summed E-state index contributed by atoms with van der Waals surface area (Å²) in [7, 11) is 0. The van der Waals surface area contributed by atoms with E-state index in [9.17, 15) is 8.78 Å². The van der Waals surface area contributed by atoms with Crippen LogP contribution in [0.3, 0.4) is 0 Å². The normalized spacial score (nSPS) is 14.6. The number of halogens is 2. The molecule has 4 rings (SSSR count). The lowest BCUT2D eigenvalue weighted by molar-refractivity contribution is 0.211. The maximum Gasteiger partial charge on any atom is 0.182 e. The molecule has 1 aliphatic carbocycles. The highest BCUT2D eigenvalue weighted by molar-refractivity contribution is 7.25. The van der Waals surface area contributed by atoms with Crippen LogP contribution in [0.25, 0.3) is 20.2 Å². The summed E-state index contributed by atoms with van der Waals surface area (Å²) >= 11 is 1.12. The van der Waals surface area contributed by atoms with Gasteiger partial charge in [0, 0.05) is 16.7 Å². The second-order valence-corrected chi connectivity index (χ2v) is 8.52. The highest BCUT2D eigenvalue weighted by atomic mass is 32.1. The zero-order valence-corrected chi connectivity index (χ0v) is 16.8. The minimum atomic E-state index is -0.415. The molecule has 0 spiro atoms. The number of rotatable bonds is 8. The third-order valence-corrected chi connectivity index (χ3v) is 6.46.